The Morgan fingerprint density at radius 3 is 2.33 bits per heavy atom. The average Bonchev–Trinajstić information content (AvgIpc) is 3.50. The third-order valence-corrected chi connectivity index (χ3v) is 13.8. The molecule has 5 aliphatic heterocycles. The molecule has 0 radical (unpaired) electrons. The number of likely N-dealkylation sites (tertiary alicyclic amines) is 1. The molecule has 9 rings (SSSR count). The van der Waals surface area contributed by atoms with Gasteiger partial charge in [-0.25, -0.2) is 9.97 Å². The summed E-state index contributed by atoms with van der Waals surface area (Å²) in [4.78, 5) is 68.3. The molecule has 61 heavy (non-hydrogen) atoms. The van der Waals surface area contributed by atoms with Crippen LogP contribution in [-0.4, -0.2) is 95.3 Å². The summed E-state index contributed by atoms with van der Waals surface area (Å²) in [6.07, 6.45) is 6.48. The summed E-state index contributed by atoms with van der Waals surface area (Å²) in [5.41, 5.74) is 4.94. The lowest BCUT2D eigenvalue weighted by molar-refractivity contribution is -0.136. The molecule has 1 unspecified atom stereocenters. The van der Waals surface area contributed by atoms with Gasteiger partial charge in [-0.1, -0.05) is 37.6 Å². The van der Waals surface area contributed by atoms with Gasteiger partial charge in [-0.05, 0) is 117 Å². The van der Waals surface area contributed by atoms with Crippen LogP contribution in [0.2, 0.25) is 5.02 Å². The number of carbonyl (C=O) groups excluding carboxylic acids is 4. The molecule has 1 N–H and O–H groups in total. The lowest BCUT2D eigenvalue weighted by Crippen LogP contribution is -2.61. The van der Waals surface area contributed by atoms with E-state index in [-0.39, 0.29) is 24.2 Å². The fourth-order valence-electron chi connectivity index (χ4n) is 9.75. The Morgan fingerprint density at radius 1 is 0.869 bits per heavy atom. The van der Waals surface area contributed by atoms with E-state index in [9.17, 15) is 24.4 Å². The van der Waals surface area contributed by atoms with Crippen LogP contribution in [0.15, 0.2) is 72.9 Å². The largest absolute Gasteiger partial charge is 0.487 e. The van der Waals surface area contributed by atoms with Gasteiger partial charge in [0.2, 0.25) is 17.8 Å². The maximum atomic E-state index is 13.4. The number of hydrogen-bond acceptors (Lipinski definition) is 11. The number of amides is 4. The zero-order chi connectivity index (χ0) is 42.5. The first-order valence-electron chi connectivity index (χ1n) is 21.2. The van der Waals surface area contributed by atoms with Crippen LogP contribution in [0.5, 0.6) is 5.75 Å². The predicted molar refractivity (Wildman–Crippen MR) is 229 cm³/mol. The highest BCUT2D eigenvalue weighted by Crippen LogP contribution is 2.42. The van der Waals surface area contributed by atoms with Gasteiger partial charge in [0.1, 0.15) is 18.4 Å². The van der Waals surface area contributed by atoms with E-state index < -0.39 is 23.8 Å². The maximum Gasteiger partial charge on any atom is 0.262 e. The standard InChI is InChI=1S/C47H49ClN8O5/c1-46(2,33-21-31(25-49)22-34(48)23-33)32-3-6-37(7-4-32)61-27-35-11-16-50-45(51-35)55-28-47(29-55)14-19-53(20-15-47)26-30-12-17-54(18-13-30)36-5-8-38-39(24-36)44(60)56(43(38)59)40-9-10-41(57)52-42(40)58/h3-8,11,16,21-24,30,40H,9-10,12-15,17-20,26-29H2,1-2H3,(H,52,57,58). The highest BCUT2D eigenvalue weighted by Gasteiger charge is 2.47. The van der Waals surface area contributed by atoms with Gasteiger partial charge in [-0.2, -0.15) is 5.26 Å². The number of hydrogen-bond donors (Lipinski definition) is 1. The topological polar surface area (TPSA) is 152 Å². The first-order valence-corrected chi connectivity index (χ1v) is 21.6. The van der Waals surface area contributed by atoms with Gasteiger partial charge in [-0.15, -0.1) is 0 Å². The van der Waals surface area contributed by atoms with Crippen molar-refractivity contribution in [3.63, 3.8) is 0 Å². The van der Waals surface area contributed by atoms with Crippen LogP contribution < -0.4 is 19.9 Å². The van der Waals surface area contributed by atoms with Crippen molar-refractivity contribution in [3.8, 4) is 11.8 Å². The van der Waals surface area contributed by atoms with Gasteiger partial charge < -0.3 is 19.4 Å². The number of nitrogens with one attached hydrogen (secondary N) is 1. The molecule has 314 valence electrons. The fraction of sp³-hybridized carbons (Fsp3) is 0.426. The molecule has 4 saturated heterocycles. The molecule has 0 bridgehead atoms. The number of ether oxygens (including phenoxy) is 1. The van der Waals surface area contributed by atoms with Crippen LogP contribution in [0.1, 0.15) is 95.5 Å². The highest BCUT2D eigenvalue weighted by molar-refractivity contribution is 6.30. The van der Waals surface area contributed by atoms with Crippen molar-refractivity contribution in [1.29, 1.82) is 5.26 Å². The lowest BCUT2D eigenvalue weighted by atomic mass is 9.72. The predicted octanol–water partition coefficient (Wildman–Crippen LogP) is 6.13. The Hall–Kier alpha value is -5.84. The minimum absolute atomic E-state index is 0.0995. The lowest BCUT2D eigenvalue weighted by Gasteiger charge is -2.54. The van der Waals surface area contributed by atoms with Crippen molar-refractivity contribution in [2.24, 2.45) is 11.3 Å². The summed E-state index contributed by atoms with van der Waals surface area (Å²) in [6.45, 7) is 11.5. The number of nitrogens with zero attached hydrogens (tertiary/aromatic N) is 7. The second-order valence-corrected chi connectivity index (χ2v) is 18.3. The quantitative estimate of drug-likeness (QED) is 0.184. The summed E-state index contributed by atoms with van der Waals surface area (Å²) < 4.78 is 6.15. The molecule has 6 heterocycles. The van der Waals surface area contributed by atoms with Crippen molar-refractivity contribution in [2.75, 3.05) is 55.6 Å². The summed E-state index contributed by atoms with van der Waals surface area (Å²) in [6, 6.07) is 22.0. The number of benzene rings is 3. The molecule has 1 atom stereocenters. The zero-order valence-corrected chi connectivity index (χ0v) is 35.3. The van der Waals surface area contributed by atoms with Crippen molar-refractivity contribution in [2.45, 2.75) is 70.4 Å². The third-order valence-electron chi connectivity index (χ3n) is 13.6. The van der Waals surface area contributed by atoms with Gasteiger partial charge in [0.15, 0.2) is 0 Å². The molecule has 0 aliphatic carbocycles. The van der Waals surface area contributed by atoms with Crippen molar-refractivity contribution in [3.05, 3.63) is 111 Å². The number of nitriles is 1. The second-order valence-electron chi connectivity index (χ2n) is 17.9. The molecular weight excluding hydrogens is 792 g/mol. The Balaban J connectivity index is 0.717. The van der Waals surface area contributed by atoms with Gasteiger partial charge in [0.25, 0.3) is 11.8 Å². The molecule has 4 aromatic rings. The third kappa shape index (κ3) is 8.07. The first kappa shape index (κ1) is 40.6. The smallest absolute Gasteiger partial charge is 0.262 e. The molecule has 0 saturated carbocycles. The molecule has 14 heteroatoms. The number of anilines is 2. The number of halogens is 1. The number of fused-ring (bicyclic) bond motifs is 1. The molecule has 4 amide bonds. The highest BCUT2D eigenvalue weighted by atomic mass is 35.5. The summed E-state index contributed by atoms with van der Waals surface area (Å²) in [5, 5.41) is 12.2. The average molecular weight is 841 g/mol. The van der Waals surface area contributed by atoms with Gasteiger partial charge in [-0.3, -0.25) is 29.4 Å². The zero-order valence-electron chi connectivity index (χ0n) is 34.5. The summed E-state index contributed by atoms with van der Waals surface area (Å²) in [7, 11) is 0. The van der Waals surface area contributed by atoms with Crippen molar-refractivity contribution >= 4 is 46.9 Å². The first-order chi connectivity index (χ1) is 29.4. The minimum atomic E-state index is -0.963. The Labute approximate surface area is 360 Å². The molecule has 1 aromatic heterocycles. The maximum absolute atomic E-state index is 13.4. The number of imide groups is 2. The number of rotatable bonds is 10. The Kier molecular flexibility index (Phi) is 10.8. The van der Waals surface area contributed by atoms with E-state index in [1.54, 1.807) is 18.2 Å². The van der Waals surface area contributed by atoms with Crippen molar-refractivity contribution in [1.82, 2.24) is 25.1 Å². The van der Waals surface area contributed by atoms with E-state index in [0.717, 1.165) is 111 Å². The SMILES string of the molecule is CC(C)(c1ccc(OCc2ccnc(N3CC4(CCN(CC5CCN(c6ccc7c(c6)C(=O)N(C6CCC(=O)NC6=O)C7=O)CC5)CC4)C3)n2)cc1)c1cc(Cl)cc(C#N)c1. The summed E-state index contributed by atoms with van der Waals surface area (Å²) >= 11 is 6.31. The van der Waals surface area contributed by atoms with Crippen LogP contribution in [0.25, 0.3) is 0 Å². The van der Waals surface area contributed by atoms with Crippen LogP contribution in [0, 0.1) is 22.7 Å². The van der Waals surface area contributed by atoms with Crippen LogP contribution in [0.4, 0.5) is 11.6 Å². The Bertz CT molecular complexity index is 2430. The molecule has 13 nitrogen and oxygen atoms in total. The molecule has 4 fully saturated rings. The van der Waals surface area contributed by atoms with Crippen LogP contribution >= 0.6 is 11.6 Å². The fourth-order valence-corrected chi connectivity index (χ4v) is 9.98. The molecule has 1 spiro atoms. The van der Waals surface area contributed by atoms with Crippen LogP contribution in [-0.2, 0) is 21.6 Å². The van der Waals surface area contributed by atoms with Gasteiger partial charge in [0.05, 0.1) is 28.5 Å². The van der Waals surface area contributed by atoms with Crippen molar-refractivity contribution < 1.29 is 23.9 Å². The van der Waals surface area contributed by atoms with E-state index in [4.69, 9.17) is 21.3 Å². The number of aromatic nitrogens is 2. The summed E-state index contributed by atoms with van der Waals surface area (Å²) in [5.74, 6) is 0.171. The monoisotopic (exact) mass is 840 g/mol. The van der Waals surface area contributed by atoms with E-state index >= 15 is 0 Å². The van der Waals surface area contributed by atoms with Gasteiger partial charge in [0, 0.05) is 66.9 Å². The number of carbonyl (C=O) groups is 4. The van der Waals surface area contributed by atoms with E-state index in [1.807, 2.05) is 42.6 Å². The second kappa shape index (κ2) is 16.2. The van der Waals surface area contributed by atoms with Crippen LogP contribution in [0.3, 0.4) is 0 Å². The van der Waals surface area contributed by atoms with Gasteiger partial charge >= 0.3 is 0 Å². The normalized spacial score (nSPS) is 20.7. The molecule has 5 aliphatic rings. The number of piperidine rings is 3. The molecule has 3 aromatic carbocycles. The van der Waals surface area contributed by atoms with E-state index in [2.05, 4.69) is 57.0 Å². The Morgan fingerprint density at radius 2 is 1.61 bits per heavy atom. The molecular formula is C47H49ClN8O5. The van der Waals surface area contributed by atoms with E-state index in [0.29, 0.717) is 39.7 Å². The van der Waals surface area contributed by atoms with E-state index in [1.165, 1.54) is 0 Å². The minimum Gasteiger partial charge on any atom is -0.487 e.